The van der Waals surface area contributed by atoms with Gasteiger partial charge < -0.3 is 25.9 Å². The van der Waals surface area contributed by atoms with Crippen LogP contribution in [0.25, 0.3) is 0 Å². The fourth-order valence-corrected chi connectivity index (χ4v) is 1.74. The number of aromatic nitrogens is 2. The number of amides is 1. The highest BCUT2D eigenvalue weighted by Crippen LogP contribution is 2.02. The van der Waals surface area contributed by atoms with E-state index in [1.54, 1.807) is 6.92 Å². The molecule has 0 aliphatic heterocycles. The summed E-state index contributed by atoms with van der Waals surface area (Å²) in [5.74, 6) is -2.23. The van der Waals surface area contributed by atoms with Crippen LogP contribution in [0.2, 0.25) is 0 Å². The molecule has 0 aliphatic carbocycles. The SMILES string of the molecule is CCOC(=O)C(N)CCC(=O)NC(Cc1cnc[nH]1)C(=O)O. The second-order valence-corrected chi connectivity index (χ2v) is 4.64. The molecule has 0 aliphatic rings. The summed E-state index contributed by atoms with van der Waals surface area (Å²) in [6.07, 6.45) is 3.02. The van der Waals surface area contributed by atoms with Gasteiger partial charge in [-0.25, -0.2) is 9.78 Å². The molecule has 5 N–H and O–H groups in total. The Balaban J connectivity index is 2.43. The van der Waals surface area contributed by atoms with Gasteiger partial charge in [-0.2, -0.15) is 0 Å². The molecule has 9 heteroatoms. The number of carbonyl (C=O) groups excluding carboxylic acids is 2. The van der Waals surface area contributed by atoms with Crippen LogP contribution in [0.1, 0.15) is 25.5 Å². The van der Waals surface area contributed by atoms with Crippen molar-refractivity contribution in [3.8, 4) is 0 Å². The minimum atomic E-state index is -1.15. The van der Waals surface area contributed by atoms with Crippen LogP contribution >= 0.6 is 0 Å². The van der Waals surface area contributed by atoms with Crippen LogP contribution in [-0.4, -0.2) is 51.6 Å². The fraction of sp³-hybridized carbons (Fsp3) is 0.538. The van der Waals surface area contributed by atoms with Gasteiger partial charge in [0.1, 0.15) is 12.1 Å². The van der Waals surface area contributed by atoms with E-state index >= 15 is 0 Å². The molecule has 0 fully saturated rings. The van der Waals surface area contributed by atoms with Gasteiger partial charge in [-0.05, 0) is 13.3 Å². The fourth-order valence-electron chi connectivity index (χ4n) is 1.74. The van der Waals surface area contributed by atoms with Crippen LogP contribution < -0.4 is 11.1 Å². The number of nitrogens with two attached hydrogens (primary N) is 1. The van der Waals surface area contributed by atoms with Gasteiger partial charge in [-0.15, -0.1) is 0 Å². The zero-order valence-corrected chi connectivity index (χ0v) is 12.2. The molecule has 0 saturated carbocycles. The van der Waals surface area contributed by atoms with Crippen molar-refractivity contribution in [2.24, 2.45) is 5.73 Å². The van der Waals surface area contributed by atoms with E-state index in [2.05, 4.69) is 15.3 Å². The molecule has 1 heterocycles. The summed E-state index contributed by atoms with van der Waals surface area (Å²) in [6, 6.07) is -1.98. The molecule has 2 atom stereocenters. The predicted molar refractivity (Wildman–Crippen MR) is 75.7 cm³/mol. The van der Waals surface area contributed by atoms with Gasteiger partial charge in [0.05, 0.1) is 12.9 Å². The maximum Gasteiger partial charge on any atom is 0.326 e. The summed E-state index contributed by atoms with van der Waals surface area (Å²) in [5.41, 5.74) is 6.16. The van der Waals surface area contributed by atoms with E-state index in [0.717, 1.165) is 0 Å². The van der Waals surface area contributed by atoms with Crippen LogP contribution in [-0.2, 0) is 25.5 Å². The number of nitrogens with zero attached hydrogens (tertiary/aromatic N) is 1. The third-order valence-corrected chi connectivity index (χ3v) is 2.88. The molecule has 0 bridgehead atoms. The average Bonchev–Trinajstić information content (AvgIpc) is 2.97. The Bertz CT molecular complexity index is 503. The zero-order chi connectivity index (χ0) is 16.5. The summed E-state index contributed by atoms with van der Waals surface area (Å²) < 4.78 is 4.72. The Morgan fingerprint density at radius 3 is 2.77 bits per heavy atom. The molecular formula is C13H20N4O5. The highest BCUT2D eigenvalue weighted by molar-refractivity contribution is 5.84. The van der Waals surface area contributed by atoms with Crippen molar-refractivity contribution < 1.29 is 24.2 Å². The van der Waals surface area contributed by atoms with Gasteiger partial charge in [0, 0.05) is 24.7 Å². The number of ether oxygens (including phenoxy) is 1. The number of hydrogen-bond acceptors (Lipinski definition) is 6. The number of aromatic amines is 1. The lowest BCUT2D eigenvalue weighted by molar-refractivity contribution is -0.145. The van der Waals surface area contributed by atoms with E-state index in [1.807, 2.05) is 0 Å². The quantitative estimate of drug-likeness (QED) is 0.436. The van der Waals surface area contributed by atoms with Crippen molar-refractivity contribution in [1.82, 2.24) is 15.3 Å². The second-order valence-electron chi connectivity index (χ2n) is 4.64. The molecule has 1 aromatic heterocycles. The average molecular weight is 312 g/mol. The first-order valence-electron chi connectivity index (χ1n) is 6.85. The maximum absolute atomic E-state index is 11.8. The number of carboxylic acids is 1. The van der Waals surface area contributed by atoms with E-state index in [9.17, 15) is 14.4 Å². The second kappa shape index (κ2) is 8.78. The Morgan fingerprint density at radius 2 is 2.23 bits per heavy atom. The minimum Gasteiger partial charge on any atom is -0.480 e. The monoisotopic (exact) mass is 312 g/mol. The van der Waals surface area contributed by atoms with Crippen LogP contribution in [0.15, 0.2) is 12.5 Å². The van der Waals surface area contributed by atoms with Crippen LogP contribution in [0.4, 0.5) is 0 Å². The van der Waals surface area contributed by atoms with Gasteiger partial charge in [0.25, 0.3) is 0 Å². The lowest BCUT2D eigenvalue weighted by Crippen LogP contribution is -2.43. The predicted octanol–water partition coefficient (Wildman–Crippen LogP) is -0.808. The maximum atomic E-state index is 11.8. The molecule has 0 spiro atoms. The number of esters is 1. The minimum absolute atomic E-state index is 0.0628. The summed E-state index contributed by atoms with van der Waals surface area (Å²) >= 11 is 0. The number of imidazole rings is 1. The molecule has 1 aromatic rings. The van der Waals surface area contributed by atoms with Crippen LogP contribution in [0.3, 0.4) is 0 Å². The third kappa shape index (κ3) is 5.92. The molecule has 0 radical (unpaired) electrons. The lowest BCUT2D eigenvalue weighted by Gasteiger charge is -2.15. The number of nitrogens with one attached hydrogen (secondary N) is 2. The Labute approximate surface area is 127 Å². The van der Waals surface area contributed by atoms with Crippen molar-refractivity contribution in [3.05, 3.63) is 18.2 Å². The molecular weight excluding hydrogens is 292 g/mol. The van der Waals surface area contributed by atoms with Crippen LogP contribution in [0.5, 0.6) is 0 Å². The largest absolute Gasteiger partial charge is 0.480 e. The van der Waals surface area contributed by atoms with Gasteiger partial charge in [0.15, 0.2) is 0 Å². The van der Waals surface area contributed by atoms with Crippen molar-refractivity contribution >= 4 is 17.8 Å². The smallest absolute Gasteiger partial charge is 0.326 e. The summed E-state index contributed by atoms with van der Waals surface area (Å²) in [4.78, 5) is 40.8. The van der Waals surface area contributed by atoms with E-state index < -0.39 is 29.9 Å². The molecule has 1 rings (SSSR count). The van der Waals surface area contributed by atoms with E-state index in [0.29, 0.717) is 5.69 Å². The molecule has 0 aromatic carbocycles. The highest BCUT2D eigenvalue weighted by atomic mass is 16.5. The van der Waals surface area contributed by atoms with Crippen molar-refractivity contribution in [1.29, 1.82) is 0 Å². The van der Waals surface area contributed by atoms with Gasteiger partial charge in [0.2, 0.25) is 5.91 Å². The zero-order valence-electron chi connectivity index (χ0n) is 12.2. The van der Waals surface area contributed by atoms with E-state index in [1.165, 1.54) is 12.5 Å². The van der Waals surface area contributed by atoms with Crippen LogP contribution in [0, 0.1) is 0 Å². The van der Waals surface area contributed by atoms with Gasteiger partial charge in [-0.3, -0.25) is 9.59 Å². The summed E-state index contributed by atoms with van der Waals surface area (Å²) in [7, 11) is 0. The number of aliphatic carboxylic acids is 1. The standard InChI is InChI=1S/C13H20N4O5/c1-2-22-13(21)9(14)3-4-11(18)17-10(12(19)20)5-8-6-15-7-16-8/h6-7,9-10H,2-5,14H2,1H3,(H,15,16)(H,17,18)(H,19,20). The van der Waals surface area contributed by atoms with E-state index in [4.69, 9.17) is 15.6 Å². The number of carbonyl (C=O) groups is 3. The molecule has 9 nitrogen and oxygen atoms in total. The first-order valence-corrected chi connectivity index (χ1v) is 6.85. The normalized spacial score (nSPS) is 13.2. The molecule has 2 unspecified atom stereocenters. The Hall–Kier alpha value is -2.42. The highest BCUT2D eigenvalue weighted by Gasteiger charge is 2.22. The first-order chi connectivity index (χ1) is 10.4. The van der Waals surface area contributed by atoms with Gasteiger partial charge >= 0.3 is 11.9 Å². The van der Waals surface area contributed by atoms with E-state index in [-0.39, 0.29) is 25.9 Å². The Kier molecular flexibility index (Phi) is 7.03. The number of H-pyrrole nitrogens is 1. The third-order valence-electron chi connectivity index (χ3n) is 2.88. The molecule has 122 valence electrons. The van der Waals surface area contributed by atoms with Crippen molar-refractivity contribution in [2.45, 2.75) is 38.3 Å². The summed E-state index contributed by atoms with van der Waals surface area (Å²) in [5, 5.41) is 11.5. The number of carboxylic acid groups (broad SMARTS) is 1. The first kappa shape index (κ1) is 17.6. The Morgan fingerprint density at radius 1 is 1.50 bits per heavy atom. The number of hydrogen-bond donors (Lipinski definition) is 4. The lowest BCUT2D eigenvalue weighted by atomic mass is 10.1. The van der Waals surface area contributed by atoms with Crippen molar-refractivity contribution in [2.75, 3.05) is 6.61 Å². The number of rotatable bonds is 9. The summed E-state index contributed by atoms with van der Waals surface area (Å²) in [6.45, 7) is 1.87. The molecule has 0 saturated heterocycles. The van der Waals surface area contributed by atoms with Gasteiger partial charge in [-0.1, -0.05) is 0 Å². The topological polar surface area (TPSA) is 147 Å². The molecule has 1 amide bonds. The molecule has 22 heavy (non-hydrogen) atoms. The van der Waals surface area contributed by atoms with Crippen molar-refractivity contribution in [3.63, 3.8) is 0 Å².